The van der Waals surface area contributed by atoms with Crippen LogP contribution in [0.15, 0.2) is 0 Å². The van der Waals surface area contributed by atoms with E-state index in [2.05, 4.69) is 5.32 Å². The van der Waals surface area contributed by atoms with Crippen LogP contribution in [0, 0.1) is 5.92 Å². The van der Waals surface area contributed by atoms with Crippen LogP contribution in [0.2, 0.25) is 0 Å². The molecule has 0 aromatic heterocycles. The molecule has 0 saturated carbocycles. The first-order valence-electron chi connectivity index (χ1n) is 3.66. The lowest BCUT2D eigenvalue weighted by atomic mass is 10.00. The molecule has 5 nitrogen and oxygen atoms in total. The van der Waals surface area contributed by atoms with E-state index in [1.165, 1.54) is 0 Å². The Hall–Kier alpha value is -1.23. The Labute approximate surface area is 69.3 Å². The van der Waals surface area contributed by atoms with Crippen molar-refractivity contribution in [1.29, 1.82) is 0 Å². The van der Waals surface area contributed by atoms with Crippen LogP contribution in [0.4, 0.5) is 0 Å². The number of rotatable bonds is 1. The fraction of sp³-hybridized carbons (Fsp3) is 0.571. The van der Waals surface area contributed by atoms with Crippen molar-refractivity contribution in [1.82, 2.24) is 5.32 Å². The van der Waals surface area contributed by atoms with Gasteiger partial charge in [0.15, 0.2) is 5.78 Å². The number of aldehydes is 1. The second kappa shape index (κ2) is 3.44. The predicted octanol–water partition coefficient (Wildman–Crippen LogP) is -1.78. The number of ketones is 1. The molecule has 5 heteroatoms. The molecule has 0 radical (unpaired) electrons. The first-order valence-corrected chi connectivity index (χ1v) is 3.66. The van der Waals surface area contributed by atoms with Gasteiger partial charge < -0.3 is 15.8 Å². The van der Waals surface area contributed by atoms with Crippen molar-refractivity contribution in [2.24, 2.45) is 11.7 Å². The molecule has 2 atom stereocenters. The molecule has 2 unspecified atom stereocenters. The van der Waals surface area contributed by atoms with Gasteiger partial charge in [0.05, 0.1) is 12.0 Å². The van der Waals surface area contributed by atoms with Gasteiger partial charge in [0, 0.05) is 13.0 Å². The van der Waals surface area contributed by atoms with Gasteiger partial charge in [-0.1, -0.05) is 0 Å². The number of carbonyl (C=O) groups excluding carboxylic acids is 3. The summed E-state index contributed by atoms with van der Waals surface area (Å²) in [5.41, 5.74) is 5.37. The summed E-state index contributed by atoms with van der Waals surface area (Å²) in [6, 6.07) is -0.831. The number of nitrogens with one attached hydrogen (secondary N) is 1. The molecular weight excluding hydrogens is 160 g/mol. The van der Waals surface area contributed by atoms with E-state index < -0.39 is 12.0 Å². The Balaban J connectivity index is 2.75. The minimum absolute atomic E-state index is 0.0246. The minimum atomic E-state index is -0.831. The van der Waals surface area contributed by atoms with Crippen molar-refractivity contribution in [3.8, 4) is 0 Å². The fourth-order valence-electron chi connectivity index (χ4n) is 1.09. The average Bonchev–Trinajstić information content (AvgIpc) is 2.14. The van der Waals surface area contributed by atoms with Crippen LogP contribution >= 0.6 is 0 Å². The molecule has 0 aromatic carbocycles. The van der Waals surface area contributed by atoms with Gasteiger partial charge in [0.25, 0.3) is 0 Å². The molecule has 1 rings (SSSR count). The number of Topliss-reactive ketones (excluding diaryl/α,β-unsaturated/α-hetero) is 1. The summed E-state index contributed by atoms with van der Waals surface area (Å²) in [5, 5.41) is 2.44. The van der Waals surface area contributed by atoms with E-state index in [1.807, 2.05) is 0 Å². The third kappa shape index (κ3) is 1.68. The zero-order chi connectivity index (χ0) is 9.14. The molecule has 1 amide bonds. The van der Waals surface area contributed by atoms with Crippen molar-refractivity contribution in [3.05, 3.63) is 0 Å². The summed E-state index contributed by atoms with van der Waals surface area (Å²) in [6.45, 7) is 0.0782. The largest absolute Gasteiger partial charge is 0.355 e. The molecule has 1 heterocycles. The summed E-state index contributed by atoms with van der Waals surface area (Å²) < 4.78 is 0. The molecule has 1 saturated heterocycles. The first-order chi connectivity index (χ1) is 5.65. The maximum absolute atomic E-state index is 11.2. The number of amides is 1. The Kier molecular flexibility index (Phi) is 2.54. The molecule has 12 heavy (non-hydrogen) atoms. The molecule has 3 N–H and O–H groups in total. The lowest BCUT2D eigenvalue weighted by molar-refractivity contribution is -0.128. The molecule has 0 bridgehead atoms. The number of hydrogen-bond donors (Lipinski definition) is 2. The molecule has 0 aliphatic carbocycles. The van der Waals surface area contributed by atoms with Gasteiger partial charge in [-0.3, -0.25) is 9.59 Å². The Morgan fingerprint density at radius 1 is 1.50 bits per heavy atom. The van der Waals surface area contributed by atoms with Crippen molar-refractivity contribution in [2.45, 2.75) is 12.5 Å². The molecule has 0 aromatic rings. The van der Waals surface area contributed by atoms with Gasteiger partial charge in [-0.2, -0.15) is 0 Å². The first kappa shape index (κ1) is 8.86. The molecule has 66 valence electrons. The normalized spacial score (nSPS) is 30.8. The van der Waals surface area contributed by atoms with Crippen molar-refractivity contribution in [2.75, 3.05) is 6.54 Å². The van der Waals surface area contributed by atoms with E-state index in [1.54, 1.807) is 0 Å². The van der Waals surface area contributed by atoms with Crippen LogP contribution in [-0.4, -0.2) is 30.6 Å². The number of hydrogen-bond acceptors (Lipinski definition) is 4. The second-order valence-corrected chi connectivity index (χ2v) is 2.76. The highest BCUT2D eigenvalue weighted by Gasteiger charge is 2.29. The average molecular weight is 170 g/mol. The van der Waals surface area contributed by atoms with Gasteiger partial charge in [0.2, 0.25) is 5.91 Å². The lowest BCUT2D eigenvalue weighted by Crippen LogP contribution is -2.36. The van der Waals surface area contributed by atoms with Gasteiger partial charge in [-0.05, 0) is 0 Å². The maximum atomic E-state index is 11.2. The monoisotopic (exact) mass is 170 g/mol. The SMILES string of the molecule is NC1CC(=O)NCC(C=O)C1=O. The Bertz CT molecular complexity index is 227. The maximum Gasteiger partial charge on any atom is 0.222 e. The quantitative estimate of drug-likeness (QED) is 0.359. The highest BCUT2D eigenvalue weighted by molar-refractivity contribution is 6.00. The van der Waals surface area contributed by atoms with Crippen LogP contribution in [0.25, 0.3) is 0 Å². The van der Waals surface area contributed by atoms with E-state index >= 15 is 0 Å². The van der Waals surface area contributed by atoms with Crippen molar-refractivity contribution >= 4 is 18.0 Å². The molecular formula is C7H10N2O3. The summed E-state index contributed by atoms with van der Waals surface area (Å²) >= 11 is 0. The summed E-state index contributed by atoms with van der Waals surface area (Å²) in [7, 11) is 0. The zero-order valence-corrected chi connectivity index (χ0v) is 6.45. The van der Waals surface area contributed by atoms with Crippen molar-refractivity contribution < 1.29 is 14.4 Å². The van der Waals surface area contributed by atoms with Gasteiger partial charge in [-0.25, -0.2) is 0 Å². The lowest BCUT2D eigenvalue weighted by Gasteiger charge is -2.06. The molecule has 1 fully saturated rings. The Morgan fingerprint density at radius 2 is 2.17 bits per heavy atom. The van der Waals surface area contributed by atoms with Crippen LogP contribution in [0.1, 0.15) is 6.42 Å². The number of carbonyl (C=O) groups is 3. The topological polar surface area (TPSA) is 89.3 Å². The fourth-order valence-corrected chi connectivity index (χ4v) is 1.09. The van der Waals surface area contributed by atoms with E-state index in [0.29, 0.717) is 6.29 Å². The highest BCUT2D eigenvalue weighted by Crippen LogP contribution is 2.04. The molecule has 0 spiro atoms. The van der Waals surface area contributed by atoms with Crippen LogP contribution in [0.5, 0.6) is 0 Å². The highest BCUT2D eigenvalue weighted by atomic mass is 16.2. The smallest absolute Gasteiger partial charge is 0.222 e. The molecule has 1 aliphatic rings. The van der Waals surface area contributed by atoms with E-state index in [-0.39, 0.29) is 24.7 Å². The zero-order valence-electron chi connectivity index (χ0n) is 6.45. The standard InChI is InChI=1S/C7H10N2O3/c8-5-1-6(11)9-2-4(3-10)7(5)12/h3-5H,1-2,8H2,(H,9,11). The van der Waals surface area contributed by atoms with E-state index in [4.69, 9.17) is 5.73 Å². The van der Waals surface area contributed by atoms with Crippen molar-refractivity contribution in [3.63, 3.8) is 0 Å². The van der Waals surface area contributed by atoms with E-state index in [0.717, 1.165) is 0 Å². The van der Waals surface area contributed by atoms with Gasteiger partial charge in [0.1, 0.15) is 6.29 Å². The van der Waals surface area contributed by atoms with Crippen LogP contribution < -0.4 is 11.1 Å². The van der Waals surface area contributed by atoms with Gasteiger partial charge >= 0.3 is 0 Å². The minimum Gasteiger partial charge on any atom is -0.355 e. The summed E-state index contributed by atoms with van der Waals surface area (Å²) in [6.07, 6.45) is 0.497. The third-order valence-electron chi connectivity index (χ3n) is 1.82. The molecule has 1 aliphatic heterocycles. The van der Waals surface area contributed by atoms with E-state index in [9.17, 15) is 14.4 Å². The van der Waals surface area contributed by atoms with Gasteiger partial charge in [-0.15, -0.1) is 0 Å². The third-order valence-corrected chi connectivity index (χ3v) is 1.82. The summed E-state index contributed by atoms with van der Waals surface area (Å²) in [5.74, 6) is -1.41. The second-order valence-electron chi connectivity index (χ2n) is 2.76. The summed E-state index contributed by atoms with van der Waals surface area (Å²) in [4.78, 5) is 32.4. The predicted molar refractivity (Wildman–Crippen MR) is 40.2 cm³/mol. The van der Waals surface area contributed by atoms with Crippen LogP contribution in [0.3, 0.4) is 0 Å². The Morgan fingerprint density at radius 3 is 2.75 bits per heavy atom. The van der Waals surface area contributed by atoms with Crippen LogP contribution in [-0.2, 0) is 14.4 Å². The number of nitrogens with two attached hydrogens (primary N) is 1.